The number of amides is 1. The minimum Gasteiger partial charge on any atom is -0.345 e. The van der Waals surface area contributed by atoms with E-state index in [4.69, 9.17) is 4.63 Å². The van der Waals surface area contributed by atoms with E-state index in [-0.39, 0.29) is 41.4 Å². The van der Waals surface area contributed by atoms with E-state index >= 15 is 0 Å². The molecular formula is C25H24N4O4S. The van der Waals surface area contributed by atoms with Gasteiger partial charge in [0, 0.05) is 19.0 Å². The number of fused-ring (bicyclic) bond motifs is 1. The summed E-state index contributed by atoms with van der Waals surface area (Å²) in [6, 6.07) is 24.2. The van der Waals surface area contributed by atoms with Gasteiger partial charge in [-0.05, 0) is 46.4 Å². The van der Waals surface area contributed by atoms with Crippen LogP contribution in [0.2, 0.25) is 0 Å². The van der Waals surface area contributed by atoms with Gasteiger partial charge >= 0.3 is 0 Å². The Morgan fingerprint density at radius 1 is 0.882 bits per heavy atom. The van der Waals surface area contributed by atoms with Crippen molar-refractivity contribution < 1.29 is 17.8 Å². The highest BCUT2D eigenvalue weighted by Crippen LogP contribution is 2.29. The number of benzene rings is 3. The number of nitrogens with zero attached hydrogens (tertiary/aromatic N) is 3. The fourth-order valence-electron chi connectivity index (χ4n) is 4.40. The topological polar surface area (TPSA) is 105 Å². The molecule has 174 valence electrons. The van der Waals surface area contributed by atoms with Crippen LogP contribution in [0, 0.1) is 5.92 Å². The lowest BCUT2D eigenvalue weighted by molar-refractivity contribution is -0.126. The van der Waals surface area contributed by atoms with Gasteiger partial charge < -0.3 is 5.32 Å². The summed E-state index contributed by atoms with van der Waals surface area (Å²) in [5.74, 6) is -0.344. The fraction of sp³-hybridized carbons (Fsp3) is 0.240. The molecule has 0 atom stereocenters. The maximum absolute atomic E-state index is 13.2. The van der Waals surface area contributed by atoms with E-state index in [1.54, 1.807) is 12.1 Å². The van der Waals surface area contributed by atoms with Crippen molar-refractivity contribution in [2.75, 3.05) is 13.1 Å². The SMILES string of the molecule is O=C(NC(c1ccccc1)c1ccccc1)C1CCN(S(=O)(=O)c2cccc3nonc23)CC1. The second-order valence-corrected chi connectivity index (χ2v) is 10.2. The first-order chi connectivity index (χ1) is 16.5. The summed E-state index contributed by atoms with van der Waals surface area (Å²) in [5.41, 5.74) is 2.60. The molecule has 0 radical (unpaired) electrons. The van der Waals surface area contributed by atoms with Crippen molar-refractivity contribution in [2.24, 2.45) is 5.92 Å². The molecule has 1 aromatic heterocycles. The van der Waals surface area contributed by atoms with Crippen LogP contribution in [0.5, 0.6) is 0 Å². The zero-order chi connectivity index (χ0) is 23.5. The highest BCUT2D eigenvalue weighted by molar-refractivity contribution is 7.89. The van der Waals surface area contributed by atoms with E-state index in [1.165, 1.54) is 10.4 Å². The van der Waals surface area contributed by atoms with Crippen LogP contribution in [0.25, 0.3) is 11.0 Å². The minimum absolute atomic E-state index is 0.0716. The monoisotopic (exact) mass is 476 g/mol. The molecule has 5 rings (SSSR count). The molecule has 1 fully saturated rings. The minimum atomic E-state index is -3.78. The summed E-state index contributed by atoms with van der Waals surface area (Å²) in [6.45, 7) is 0.507. The molecule has 1 aliphatic rings. The first-order valence-electron chi connectivity index (χ1n) is 11.2. The van der Waals surface area contributed by atoms with Crippen LogP contribution in [0.1, 0.15) is 30.0 Å². The zero-order valence-electron chi connectivity index (χ0n) is 18.4. The van der Waals surface area contributed by atoms with Crippen LogP contribution in [0.4, 0.5) is 0 Å². The predicted molar refractivity (Wildman–Crippen MR) is 126 cm³/mol. The van der Waals surface area contributed by atoms with Gasteiger partial charge in [0.2, 0.25) is 15.9 Å². The third-order valence-corrected chi connectivity index (χ3v) is 8.17. The van der Waals surface area contributed by atoms with Crippen molar-refractivity contribution >= 4 is 27.0 Å². The molecule has 3 aromatic carbocycles. The van der Waals surface area contributed by atoms with Gasteiger partial charge in [0.15, 0.2) is 5.52 Å². The second kappa shape index (κ2) is 9.36. The van der Waals surface area contributed by atoms with E-state index in [2.05, 4.69) is 15.6 Å². The summed E-state index contributed by atoms with van der Waals surface area (Å²) in [5, 5.41) is 10.7. The first-order valence-corrected chi connectivity index (χ1v) is 12.6. The van der Waals surface area contributed by atoms with E-state index < -0.39 is 10.0 Å². The maximum atomic E-state index is 13.2. The Bertz CT molecular complexity index is 1340. The number of sulfonamides is 1. The molecule has 9 heteroatoms. The number of hydrogen-bond donors (Lipinski definition) is 1. The van der Waals surface area contributed by atoms with Crippen molar-refractivity contribution in [3.8, 4) is 0 Å². The number of nitrogens with one attached hydrogen (secondary N) is 1. The Balaban J connectivity index is 1.29. The number of hydrogen-bond acceptors (Lipinski definition) is 6. The molecule has 1 N–H and O–H groups in total. The Kier molecular flexibility index (Phi) is 6.12. The smallest absolute Gasteiger partial charge is 0.245 e. The Morgan fingerprint density at radius 2 is 1.50 bits per heavy atom. The lowest BCUT2D eigenvalue weighted by atomic mass is 9.94. The van der Waals surface area contributed by atoms with Crippen LogP contribution in [-0.4, -0.2) is 42.0 Å². The van der Waals surface area contributed by atoms with Gasteiger partial charge in [0.25, 0.3) is 0 Å². The van der Waals surface area contributed by atoms with Crippen molar-refractivity contribution in [2.45, 2.75) is 23.8 Å². The summed E-state index contributed by atoms with van der Waals surface area (Å²) in [4.78, 5) is 13.3. The molecule has 0 bridgehead atoms. The van der Waals surface area contributed by atoms with Gasteiger partial charge in [-0.1, -0.05) is 66.7 Å². The van der Waals surface area contributed by atoms with Crippen molar-refractivity contribution in [3.05, 3.63) is 90.0 Å². The predicted octanol–water partition coefficient (Wildman–Crippen LogP) is 3.53. The Labute approximate surface area is 197 Å². The molecule has 0 aliphatic carbocycles. The van der Waals surface area contributed by atoms with Gasteiger partial charge in [-0.2, -0.15) is 4.31 Å². The number of rotatable bonds is 6. The highest BCUT2D eigenvalue weighted by atomic mass is 32.2. The third-order valence-electron chi connectivity index (χ3n) is 6.24. The molecule has 8 nitrogen and oxygen atoms in total. The quantitative estimate of drug-likeness (QED) is 0.456. The van der Waals surface area contributed by atoms with Gasteiger partial charge in [0.05, 0.1) is 6.04 Å². The van der Waals surface area contributed by atoms with Gasteiger partial charge in [0.1, 0.15) is 10.4 Å². The van der Waals surface area contributed by atoms with Crippen LogP contribution in [0.15, 0.2) is 88.4 Å². The number of aromatic nitrogens is 2. The van der Waals surface area contributed by atoms with Gasteiger partial charge in [-0.3, -0.25) is 4.79 Å². The number of piperidine rings is 1. The molecule has 2 heterocycles. The van der Waals surface area contributed by atoms with E-state index in [0.717, 1.165) is 11.1 Å². The lowest BCUT2D eigenvalue weighted by Gasteiger charge is -2.31. The third kappa shape index (κ3) is 4.32. The molecule has 0 spiro atoms. The van der Waals surface area contributed by atoms with E-state index in [1.807, 2.05) is 60.7 Å². The second-order valence-electron chi connectivity index (χ2n) is 8.33. The van der Waals surface area contributed by atoms with E-state index in [9.17, 15) is 13.2 Å². The van der Waals surface area contributed by atoms with Crippen LogP contribution in [-0.2, 0) is 14.8 Å². The normalized spacial score (nSPS) is 15.6. The highest BCUT2D eigenvalue weighted by Gasteiger charge is 2.34. The van der Waals surface area contributed by atoms with Gasteiger partial charge in [-0.25, -0.2) is 13.0 Å². The van der Waals surface area contributed by atoms with Crippen LogP contribution in [0.3, 0.4) is 0 Å². The first kappa shape index (κ1) is 22.2. The van der Waals surface area contributed by atoms with Crippen molar-refractivity contribution in [3.63, 3.8) is 0 Å². The molecule has 4 aromatic rings. The number of carbonyl (C=O) groups excluding carboxylic acids is 1. The maximum Gasteiger partial charge on any atom is 0.245 e. The van der Waals surface area contributed by atoms with Crippen LogP contribution < -0.4 is 5.32 Å². The van der Waals surface area contributed by atoms with Crippen molar-refractivity contribution in [1.82, 2.24) is 19.9 Å². The molecule has 1 aliphatic heterocycles. The standard InChI is InChI=1S/C25H24N4O4S/c30-25(26-23(18-8-3-1-4-9-18)19-10-5-2-6-11-19)20-14-16-29(17-15-20)34(31,32)22-13-7-12-21-24(22)28-33-27-21/h1-13,20,23H,14-17H2,(H,26,30). The molecule has 0 saturated carbocycles. The van der Waals surface area contributed by atoms with Crippen LogP contribution >= 0.6 is 0 Å². The molecule has 1 amide bonds. The summed E-state index contributed by atoms with van der Waals surface area (Å²) in [6.07, 6.45) is 0.878. The Morgan fingerprint density at radius 3 is 2.12 bits per heavy atom. The average molecular weight is 477 g/mol. The molecule has 1 saturated heterocycles. The average Bonchev–Trinajstić information content (AvgIpc) is 3.37. The van der Waals surface area contributed by atoms with Crippen molar-refractivity contribution in [1.29, 1.82) is 0 Å². The molecule has 34 heavy (non-hydrogen) atoms. The summed E-state index contributed by atoms with van der Waals surface area (Å²) in [7, 11) is -3.78. The largest absolute Gasteiger partial charge is 0.345 e. The van der Waals surface area contributed by atoms with Gasteiger partial charge in [-0.15, -0.1) is 0 Å². The fourth-order valence-corrected chi connectivity index (χ4v) is 6.00. The number of carbonyl (C=O) groups is 1. The molecule has 0 unspecified atom stereocenters. The summed E-state index contributed by atoms with van der Waals surface area (Å²) >= 11 is 0. The summed E-state index contributed by atoms with van der Waals surface area (Å²) < 4.78 is 32.6. The van der Waals surface area contributed by atoms with E-state index in [0.29, 0.717) is 18.4 Å². The zero-order valence-corrected chi connectivity index (χ0v) is 19.2. The Hall–Kier alpha value is -3.56. The lowest BCUT2D eigenvalue weighted by Crippen LogP contribution is -2.43. The molecular weight excluding hydrogens is 452 g/mol.